The van der Waals surface area contributed by atoms with Gasteiger partial charge in [0.2, 0.25) is 11.4 Å². The number of anilines is 1. The highest BCUT2D eigenvalue weighted by Crippen LogP contribution is 2.38. The Balaban J connectivity index is 0.000000212. The first-order valence-corrected chi connectivity index (χ1v) is 12.3. The first-order valence-electron chi connectivity index (χ1n) is 12.3. The van der Waals surface area contributed by atoms with Gasteiger partial charge in [0.15, 0.2) is 0 Å². The van der Waals surface area contributed by atoms with Gasteiger partial charge >= 0.3 is 5.97 Å². The molecule has 2 aliphatic heterocycles. The van der Waals surface area contributed by atoms with Gasteiger partial charge in [-0.05, 0) is 56.9 Å². The molecule has 0 radical (unpaired) electrons. The van der Waals surface area contributed by atoms with Crippen LogP contribution in [0.1, 0.15) is 48.1 Å². The lowest BCUT2D eigenvalue weighted by Gasteiger charge is -2.36. The molecule has 1 unspecified atom stereocenters. The second-order valence-corrected chi connectivity index (χ2v) is 9.60. The molecule has 2 N–H and O–H groups in total. The third kappa shape index (κ3) is 4.67. The van der Waals surface area contributed by atoms with E-state index in [0.29, 0.717) is 49.1 Å². The highest BCUT2D eigenvalue weighted by Gasteiger charge is 2.30. The van der Waals surface area contributed by atoms with Crippen LogP contribution in [0.25, 0.3) is 21.8 Å². The second-order valence-electron chi connectivity index (χ2n) is 9.60. The number of hydrogen-bond acceptors (Lipinski definition) is 5. The number of benzene rings is 2. The molecule has 0 saturated carbocycles. The number of halogens is 2. The summed E-state index contributed by atoms with van der Waals surface area (Å²) in [6.45, 7) is 3.09. The molecule has 0 aliphatic carbocycles. The Kier molecular flexibility index (Phi) is 6.64. The minimum absolute atomic E-state index is 0.0326. The van der Waals surface area contributed by atoms with Crippen LogP contribution in [0.4, 0.5) is 14.5 Å². The fraction of sp³-hybridized carbons (Fsp3) is 0.321. The van der Waals surface area contributed by atoms with E-state index in [-0.39, 0.29) is 23.1 Å². The molecule has 1 fully saturated rings. The fourth-order valence-corrected chi connectivity index (χ4v) is 5.26. The SMILES string of the molecule is CC1CCc2c(N3CCC(O)CC3)c(F)cc3c(=O)c(C(=O)O)cn1c23.Fc1ccc2ccccc2n1. The van der Waals surface area contributed by atoms with Crippen molar-refractivity contribution >= 4 is 33.5 Å². The topological polar surface area (TPSA) is 95.7 Å². The van der Waals surface area contributed by atoms with Crippen LogP contribution in [0.2, 0.25) is 0 Å². The van der Waals surface area contributed by atoms with Gasteiger partial charge in [0.25, 0.3) is 0 Å². The van der Waals surface area contributed by atoms with Crippen molar-refractivity contribution in [1.82, 2.24) is 9.55 Å². The molecular weight excluding hydrogens is 480 g/mol. The zero-order chi connectivity index (χ0) is 26.3. The Morgan fingerprint density at radius 3 is 2.54 bits per heavy atom. The number of para-hydroxylation sites is 1. The molecule has 0 amide bonds. The molecule has 4 heterocycles. The lowest BCUT2D eigenvalue weighted by molar-refractivity contribution is 0.0694. The van der Waals surface area contributed by atoms with Crippen LogP contribution < -0.4 is 10.3 Å². The molecule has 37 heavy (non-hydrogen) atoms. The molecule has 2 aromatic carbocycles. The molecule has 1 saturated heterocycles. The summed E-state index contributed by atoms with van der Waals surface area (Å²) in [6, 6.07) is 11.7. The number of carboxylic acids is 1. The maximum absolute atomic E-state index is 15.0. The van der Waals surface area contributed by atoms with Gasteiger partial charge in [0, 0.05) is 41.7 Å². The minimum atomic E-state index is -1.30. The molecule has 7 nitrogen and oxygen atoms in total. The maximum Gasteiger partial charge on any atom is 0.341 e. The average Bonchev–Trinajstić information content (AvgIpc) is 2.88. The summed E-state index contributed by atoms with van der Waals surface area (Å²) in [5, 5.41) is 20.2. The Hall–Kier alpha value is -3.85. The zero-order valence-electron chi connectivity index (χ0n) is 20.3. The van der Waals surface area contributed by atoms with E-state index in [0.717, 1.165) is 17.4 Å². The Bertz CT molecular complexity index is 1560. The smallest absolute Gasteiger partial charge is 0.341 e. The average molecular weight is 508 g/mol. The molecule has 2 aromatic heterocycles. The van der Waals surface area contributed by atoms with Crippen LogP contribution in [0.3, 0.4) is 0 Å². The van der Waals surface area contributed by atoms with Gasteiger partial charge in [0.1, 0.15) is 11.4 Å². The van der Waals surface area contributed by atoms with E-state index in [1.54, 1.807) is 16.7 Å². The number of aliphatic hydroxyl groups excluding tert-OH is 1. The molecule has 4 aromatic rings. The summed E-state index contributed by atoms with van der Waals surface area (Å²) in [7, 11) is 0. The normalized spacial score (nSPS) is 17.5. The summed E-state index contributed by atoms with van der Waals surface area (Å²) in [5.74, 6) is -2.22. The second kappa shape index (κ2) is 9.89. The summed E-state index contributed by atoms with van der Waals surface area (Å²) in [6.07, 6.45) is 3.58. The molecule has 2 aliphatic rings. The number of aromatic carboxylic acids is 1. The number of hydrogen-bond donors (Lipinski definition) is 2. The largest absolute Gasteiger partial charge is 0.477 e. The van der Waals surface area contributed by atoms with Gasteiger partial charge in [-0.3, -0.25) is 4.79 Å². The molecule has 0 bridgehead atoms. The van der Waals surface area contributed by atoms with E-state index in [9.17, 15) is 24.2 Å². The van der Waals surface area contributed by atoms with Gasteiger partial charge < -0.3 is 19.7 Å². The van der Waals surface area contributed by atoms with Crippen molar-refractivity contribution in [3.8, 4) is 0 Å². The number of pyridine rings is 2. The van der Waals surface area contributed by atoms with Gasteiger partial charge in [-0.25, -0.2) is 14.2 Å². The first kappa shape index (κ1) is 24.8. The Labute approximate surface area is 211 Å². The minimum Gasteiger partial charge on any atom is -0.477 e. The number of fused-ring (bicyclic) bond motifs is 1. The molecule has 6 rings (SSSR count). The van der Waals surface area contributed by atoms with Gasteiger partial charge in [0.05, 0.1) is 22.8 Å². The predicted octanol–water partition coefficient (Wildman–Crippen LogP) is 4.68. The van der Waals surface area contributed by atoms with E-state index >= 15 is 4.39 Å². The lowest BCUT2D eigenvalue weighted by Crippen LogP contribution is -2.37. The van der Waals surface area contributed by atoms with Crippen molar-refractivity contribution in [2.24, 2.45) is 0 Å². The summed E-state index contributed by atoms with van der Waals surface area (Å²) < 4.78 is 29.3. The number of aromatic nitrogens is 2. The van der Waals surface area contributed by atoms with Gasteiger partial charge in [-0.1, -0.05) is 18.2 Å². The van der Waals surface area contributed by atoms with E-state index < -0.39 is 23.2 Å². The van der Waals surface area contributed by atoms with Crippen molar-refractivity contribution in [1.29, 1.82) is 0 Å². The standard InChI is InChI=1S/C19H21FN2O4.C9H6FN/c1-10-2-3-12-16-13(18(24)14(19(25)26)9-22(10)16)8-15(20)17(12)21-6-4-11(23)5-7-21;10-9-6-5-7-3-1-2-4-8(7)11-9/h8-11,23H,2-7H2,1H3,(H,25,26);1-6H. The van der Waals surface area contributed by atoms with Crippen LogP contribution in [-0.4, -0.2) is 44.9 Å². The molecule has 0 spiro atoms. The van der Waals surface area contributed by atoms with Gasteiger partial charge in [-0.2, -0.15) is 4.39 Å². The van der Waals surface area contributed by atoms with E-state index in [2.05, 4.69) is 4.98 Å². The number of aliphatic hydroxyl groups is 1. The molecule has 192 valence electrons. The molecule has 1 atom stereocenters. The zero-order valence-corrected chi connectivity index (χ0v) is 20.3. The fourth-order valence-electron chi connectivity index (χ4n) is 5.26. The summed E-state index contributed by atoms with van der Waals surface area (Å²) >= 11 is 0. The Morgan fingerprint density at radius 1 is 1.08 bits per heavy atom. The third-order valence-electron chi connectivity index (χ3n) is 7.20. The van der Waals surface area contributed by atoms with Crippen LogP contribution in [0.5, 0.6) is 0 Å². The highest BCUT2D eigenvalue weighted by atomic mass is 19.1. The number of piperidine rings is 1. The highest BCUT2D eigenvalue weighted by molar-refractivity contribution is 5.95. The number of carbonyl (C=O) groups is 1. The molecular formula is C28H27F2N3O4. The quantitative estimate of drug-likeness (QED) is 0.383. The van der Waals surface area contributed by atoms with Crippen molar-refractivity contribution in [3.05, 3.63) is 81.8 Å². The monoisotopic (exact) mass is 507 g/mol. The van der Waals surface area contributed by atoms with E-state index in [4.69, 9.17) is 0 Å². The maximum atomic E-state index is 15.0. The lowest BCUT2D eigenvalue weighted by atomic mass is 9.93. The molecule has 9 heteroatoms. The number of nitrogens with zero attached hydrogens (tertiary/aromatic N) is 3. The van der Waals surface area contributed by atoms with Crippen LogP contribution in [0, 0.1) is 11.8 Å². The van der Waals surface area contributed by atoms with Crippen molar-refractivity contribution in [3.63, 3.8) is 0 Å². The van der Waals surface area contributed by atoms with Crippen molar-refractivity contribution in [2.45, 2.75) is 44.8 Å². The van der Waals surface area contributed by atoms with Crippen LogP contribution in [0.15, 0.2) is 53.5 Å². The van der Waals surface area contributed by atoms with E-state index in [1.807, 2.05) is 30.0 Å². The van der Waals surface area contributed by atoms with Crippen LogP contribution in [-0.2, 0) is 6.42 Å². The van der Waals surface area contributed by atoms with Gasteiger partial charge in [-0.15, -0.1) is 0 Å². The predicted molar refractivity (Wildman–Crippen MR) is 137 cm³/mol. The first-order chi connectivity index (χ1) is 17.7. The Morgan fingerprint density at radius 2 is 1.81 bits per heavy atom. The van der Waals surface area contributed by atoms with Crippen LogP contribution >= 0.6 is 0 Å². The third-order valence-corrected chi connectivity index (χ3v) is 7.20. The summed E-state index contributed by atoms with van der Waals surface area (Å²) in [5.41, 5.74) is 1.63. The summed E-state index contributed by atoms with van der Waals surface area (Å²) in [4.78, 5) is 29.7. The van der Waals surface area contributed by atoms with Crippen molar-refractivity contribution in [2.75, 3.05) is 18.0 Å². The number of aryl methyl sites for hydroxylation is 1. The number of carboxylic acid groups (broad SMARTS) is 1. The van der Waals surface area contributed by atoms with Crippen molar-refractivity contribution < 1.29 is 23.8 Å². The number of rotatable bonds is 2. The van der Waals surface area contributed by atoms with E-state index in [1.165, 1.54) is 18.3 Å².